The molecule has 104 valence electrons. The minimum absolute atomic E-state index is 0.0411. The average Bonchev–Trinajstić information content (AvgIpc) is 3.19. The Morgan fingerprint density at radius 2 is 2.05 bits per heavy atom. The van der Waals surface area contributed by atoms with Crippen LogP contribution in [0.4, 0.5) is 5.69 Å². The molecule has 19 heavy (non-hydrogen) atoms. The van der Waals surface area contributed by atoms with Crippen molar-refractivity contribution in [1.29, 1.82) is 0 Å². The van der Waals surface area contributed by atoms with Gasteiger partial charge in [0.15, 0.2) is 0 Å². The van der Waals surface area contributed by atoms with E-state index in [1.165, 1.54) is 12.8 Å². The van der Waals surface area contributed by atoms with Crippen LogP contribution in [0.2, 0.25) is 0 Å². The average molecular weight is 260 g/mol. The summed E-state index contributed by atoms with van der Waals surface area (Å²) in [6.45, 7) is 7.89. The van der Waals surface area contributed by atoms with E-state index in [0.29, 0.717) is 5.41 Å². The Morgan fingerprint density at radius 1 is 1.32 bits per heavy atom. The highest BCUT2D eigenvalue weighted by molar-refractivity contribution is 5.99. The van der Waals surface area contributed by atoms with Gasteiger partial charge in [-0.1, -0.05) is 18.6 Å². The Labute approximate surface area is 115 Å². The third-order valence-electron chi connectivity index (χ3n) is 4.12. The zero-order chi connectivity index (χ0) is 13.9. The molecule has 3 nitrogen and oxygen atoms in total. The van der Waals surface area contributed by atoms with Crippen molar-refractivity contribution >= 4 is 11.6 Å². The number of anilines is 1. The number of hydrogen-bond acceptors (Lipinski definition) is 2. The first kappa shape index (κ1) is 13.9. The fourth-order valence-electron chi connectivity index (χ4n) is 2.39. The van der Waals surface area contributed by atoms with E-state index in [9.17, 15) is 4.79 Å². The van der Waals surface area contributed by atoms with Crippen LogP contribution < -0.4 is 10.6 Å². The van der Waals surface area contributed by atoms with E-state index in [1.54, 1.807) is 0 Å². The Bertz CT molecular complexity index is 464. The molecule has 1 saturated carbocycles. The van der Waals surface area contributed by atoms with Gasteiger partial charge < -0.3 is 10.6 Å². The maximum Gasteiger partial charge on any atom is 0.253 e. The largest absolute Gasteiger partial charge is 0.385 e. The predicted molar refractivity (Wildman–Crippen MR) is 79.6 cm³/mol. The van der Waals surface area contributed by atoms with Crippen LogP contribution in [0.1, 0.15) is 49.0 Å². The Kier molecular flexibility index (Phi) is 4.13. The SMILES string of the molecule is CCNc1ccc(C)cc1C(=O)NCC1(CC)CC1. The fraction of sp³-hybridized carbons (Fsp3) is 0.562. The highest BCUT2D eigenvalue weighted by atomic mass is 16.1. The van der Waals surface area contributed by atoms with E-state index in [0.717, 1.165) is 36.3 Å². The Morgan fingerprint density at radius 3 is 2.63 bits per heavy atom. The second-order valence-corrected chi connectivity index (χ2v) is 5.62. The summed E-state index contributed by atoms with van der Waals surface area (Å²) in [4.78, 5) is 12.3. The van der Waals surface area contributed by atoms with Crippen molar-refractivity contribution in [2.45, 2.75) is 40.0 Å². The van der Waals surface area contributed by atoms with Gasteiger partial charge >= 0.3 is 0 Å². The normalized spacial score (nSPS) is 15.9. The second kappa shape index (κ2) is 5.64. The van der Waals surface area contributed by atoms with Gasteiger partial charge in [-0.3, -0.25) is 4.79 Å². The lowest BCUT2D eigenvalue weighted by atomic mass is 10.0. The maximum atomic E-state index is 12.3. The van der Waals surface area contributed by atoms with E-state index in [4.69, 9.17) is 0 Å². The Balaban J connectivity index is 2.07. The quantitative estimate of drug-likeness (QED) is 0.823. The van der Waals surface area contributed by atoms with Gasteiger partial charge in [0.2, 0.25) is 0 Å². The molecule has 1 aliphatic rings. The van der Waals surface area contributed by atoms with Gasteiger partial charge in [0, 0.05) is 18.8 Å². The molecular weight excluding hydrogens is 236 g/mol. The van der Waals surface area contributed by atoms with Crippen LogP contribution in [0.3, 0.4) is 0 Å². The van der Waals surface area contributed by atoms with Crippen LogP contribution in [0, 0.1) is 12.3 Å². The summed E-state index contributed by atoms with van der Waals surface area (Å²) < 4.78 is 0. The number of hydrogen-bond donors (Lipinski definition) is 2. The van der Waals surface area contributed by atoms with Crippen LogP contribution in [-0.2, 0) is 0 Å². The highest BCUT2D eigenvalue weighted by Gasteiger charge is 2.40. The zero-order valence-corrected chi connectivity index (χ0v) is 12.2. The van der Waals surface area contributed by atoms with Gasteiger partial charge in [-0.05, 0) is 50.7 Å². The number of rotatable bonds is 6. The van der Waals surface area contributed by atoms with Crippen molar-refractivity contribution in [2.24, 2.45) is 5.41 Å². The summed E-state index contributed by atoms with van der Waals surface area (Å²) in [5.74, 6) is 0.0411. The Hall–Kier alpha value is -1.51. The summed E-state index contributed by atoms with van der Waals surface area (Å²) in [6.07, 6.45) is 3.65. The molecule has 0 aromatic heterocycles. The zero-order valence-electron chi connectivity index (χ0n) is 12.2. The molecule has 0 aliphatic heterocycles. The lowest BCUT2D eigenvalue weighted by molar-refractivity contribution is 0.0945. The van der Waals surface area contributed by atoms with Gasteiger partial charge in [-0.25, -0.2) is 0 Å². The molecule has 3 heteroatoms. The summed E-state index contributed by atoms with van der Waals surface area (Å²) in [6, 6.07) is 5.97. The first-order valence-electron chi connectivity index (χ1n) is 7.23. The minimum atomic E-state index is 0.0411. The van der Waals surface area contributed by atoms with Crippen molar-refractivity contribution in [3.05, 3.63) is 29.3 Å². The molecule has 1 fully saturated rings. The maximum absolute atomic E-state index is 12.3. The lowest BCUT2D eigenvalue weighted by Gasteiger charge is -2.16. The minimum Gasteiger partial charge on any atom is -0.385 e. The molecule has 0 unspecified atom stereocenters. The van der Waals surface area contributed by atoms with E-state index in [2.05, 4.69) is 17.6 Å². The standard InChI is InChI=1S/C16H24N2O/c1-4-16(8-9-16)11-18-15(19)13-10-12(3)6-7-14(13)17-5-2/h6-7,10,17H,4-5,8-9,11H2,1-3H3,(H,18,19). The van der Waals surface area contributed by atoms with Crippen molar-refractivity contribution < 1.29 is 4.79 Å². The summed E-state index contributed by atoms with van der Waals surface area (Å²) in [5, 5.41) is 6.35. The fourth-order valence-corrected chi connectivity index (χ4v) is 2.39. The van der Waals surface area contributed by atoms with Crippen LogP contribution >= 0.6 is 0 Å². The van der Waals surface area contributed by atoms with Gasteiger partial charge in [0.05, 0.1) is 5.56 Å². The van der Waals surface area contributed by atoms with Gasteiger partial charge in [0.25, 0.3) is 5.91 Å². The van der Waals surface area contributed by atoms with Crippen LogP contribution in [-0.4, -0.2) is 19.0 Å². The highest BCUT2D eigenvalue weighted by Crippen LogP contribution is 2.47. The van der Waals surface area contributed by atoms with Crippen molar-refractivity contribution in [3.8, 4) is 0 Å². The molecule has 2 rings (SSSR count). The van der Waals surface area contributed by atoms with Crippen LogP contribution in [0.5, 0.6) is 0 Å². The summed E-state index contributed by atoms with van der Waals surface area (Å²) in [5.41, 5.74) is 3.18. The van der Waals surface area contributed by atoms with E-state index in [1.807, 2.05) is 32.0 Å². The molecule has 0 heterocycles. The van der Waals surface area contributed by atoms with E-state index in [-0.39, 0.29) is 5.91 Å². The number of carbonyl (C=O) groups is 1. The van der Waals surface area contributed by atoms with E-state index >= 15 is 0 Å². The second-order valence-electron chi connectivity index (χ2n) is 5.62. The number of carbonyl (C=O) groups excluding carboxylic acids is 1. The van der Waals surface area contributed by atoms with Gasteiger partial charge in [-0.15, -0.1) is 0 Å². The molecule has 2 N–H and O–H groups in total. The molecule has 1 aromatic rings. The number of amides is 1. The topological polar surface area (TPSA) is 41.1 Å². The molecule has 0 bridgehead atoms. The lowest BCUT2D eigenvalue weighted by Crippen LogP contribution is -2.30. The molecule has 0 spiro atoms. The van der Waals surface area contributed by atoms with Crippen molar-refractivity contribution in [1.82, 2.24) is 5.32 Å². The van der Waals surface area contributed by atoms with Crippen molar-refractivity contribution in [2.75, 3.05) is 18.4 Å². The molecule has 0 saturated heterocycles. The third kappa shape index (κ3) is 3.28. The molecule has 1 amide bonds. The molecule has 1 aliphatic carbocycles. The first-order valence-corrected chi connectivity index (χ1v) is 7.23. The summed E-state index contributed by atoms with van der Waals surface area (Å²) >= 11 is 0. The molecular formula is C16H24N2O. The van der Waals surface area contributed by atoms with Crippen LogP contribution in [0.25, 0.3) is 0 Å². The van der Waals surface area contributed by atoms with Gasteiger partial charge in [-0.2, -0.15) is 0 Å². The van der Waals surface area contributed by atoms with Gasteiger partial charge in [0.1, 0.15) is 0 Å². The summed E-state index contributed by atoms with van der Waals surface area (Å²) in [7, 11) is 0. The molecule has 0 atom stereocenters. The number of benzene rings is 1. The van der Waals surface area contributed by atoms with Crippen LogP contribution in [0.15, 0.2) is 18.2 Å². The van der Waals surface area contributed by atoms with E-state index < -0.39 is 0 Å². The third-order valence-corrected chi connectivity index (χ3v) is 4.12. The number of aryl methyl sites for hydroxylation is 1. The number of nitrogens with one attached hydrogen (secondary N) is 2. The first-order chi connectivity index (χ1) is 9.10. The predicted octanol–water partition coefficient (Wildman–Crippen LogP) is 3.35. The smallest absolute Gasteiger partial charge is 0.253 e. The molecule has 1 aromatic carbocycles. The van der Waals surface area contributed by atoms with Crippen molar-refractivity contribution in [3.63, 3.8) is 0 Å². The monoisotopic (exact) mass is 260 g/mol. The molecule has 0 radical (unpaired) electrons.